The Morgan fingerprint density at radius 1 is 0.556 bits per heavy atom. The summed E-state index contributed by atoms with van der Waals surface area (Å²) in [5, 5.41) is 24.1. The highest BCUT2D eigenvalue weighted by atomic mass is 32.2. The van der Waals surface area contributed by atoms with Gasteiger partial charge in [-0.3, -0.25) is 0 Å². The Morgan fingerprint density at radius 2 is 0.956 bits per heavy atom. The average Bonchev–Trinajstić information content (AvgIpc) is 2.87. The summed E-state index contributed by atoms with van der Waals surface area (Å²) in [7, 11) is 0. The average molecular weight is 655 g/mol. The Bertz CT molecular complexity index is 1250. The Morgan fingerprint density at radius 3 is 1.36 bits per heavy atom. The van der Waals surface area contributed by atoms with Crippen LogP contribution in [0, 0.1) is 10.8 Å². The molecule has 1 aliphatic rings. The summed E-state index contributed by atoms with van der Waals surface area (Å²) < 4.78 is 0. The third kappa shape index (κ3) is 12.0. The molecule has 1 unspecified atom stereocenters. The second kappa shape index (κ2) is 15.3. The minimum Gasteiger partial charge on any atom is -0.507 e. The standard InChI is InChI=1S/C41H66O2S2/c1-38(2,3)20-19-28-21-32(40(7,8)9)23-30(36(28)42)26-44-34-17-15-13-14-16-18-35(34)45-27-31-24-33(41(10,11)12)22-29(37(31)43)25-39(4,5)6/h21-24,34-35,42-43H,13-20,25-27H2,1-12H3/t34?,35-/m1/s1. The molecule has 45 heavy (non-hydrogen) atoms. The molecule has 0 bridgehead atoms. The molecule has 0 aliphatic heterocycles. The predicted octanol–water partition coefficient (Wildman–Crippen LogP) is 12.5. The molecule has 1 aliphatic carbocycles. The van der Waals surface area contributed by atoms with E-state index in [0.29, 0.717) is 22.0 Å². The van der Waals surface area contributed by atoms with E-state index < -0.39 is 0 Å². The second-order valence-electron chi connectivity index (χ2n) is 18.3. The molecular weight excluding hydrogens is 589 g/mol. The smallest absolute Gasteiger partial charge is 0.122 e. The van der Waals surface area contributed by atoms with Crippen molar-refractivity contribution in [3.63, 3.8) is 0 Å². The fourth-order valence-electron chi connectivity index (χ4n) is 6.20. The van der Waals surface area contributed by atoms with Crippen molar-refractivity contribution in [2.75, 3.05) is 0 Å². The maximum absolute atomic E-state index is 11.5. The summed E-state index contributed by atoms with van der Waals surface area (Å²) in [6, 6.07) is 9.06. The Kier molecular flexibility index (Phi) is 13.0. The highest BCUT2D eigenvalue weighted by Gasteiger charge is 2.28. The number of aryl methyl sites for hydroxylation is 1. The topological polar surface area (TPSA) is 40.5 Å². The lowest BCUT2D eigenvalue weighted by Gasteiger charge is -2.30. The van der Waals surface area contributed by atoms with Gasteiger partial charge in [0.15, 0.2) is 0 Å². The van der Waals surface area contributed by atoms with E-state index in [-0.39, 0.29) is 21.7 Å². The molecule has 0 amide bonds. The normalized spacial score (nSPS) is 18.9. The number of aromatic hydroxyl groups is 2. The van der Waals surface area contributed by atoms with E-state index in [1.807, 2.05) is 0 Å². The van der Waals surface area contributed by atoms with E-state index in [4.69, 9.17) is 0 Å². The molecule has 0 radical (unpaired) electrons. The van der Waals surface area contributed by atoms with Crippen molar-refractivity contribution in [3.05, 3.63) is 57.6 Å². The van der Waals surface area contributed by atoms with Gasteiger partial charge in [-0.05, 0) is 76.0 Å². The fourth-order valence-corrected chi connectivity index (χ4v) is 9.27. The SMILES string of the molecule is CC(C)(C)CCc1cc(C(C)(C)C)cc(CSC2CCCCCC[C@H]2SCc2cc(C(C)(C)C)cc(CC(C)(C)C)c2O)c1O. The minimum absolute atomic E-state index is 0.0354. The van der Waals surface area contributed by atoms with E-state index in [2.05, 4.69) is 131 Å². The van der Waals surface area contributed by atoms with Crippen LogP contribution in [0.4, 0.5) is 0 Å². The van der Waals surface area contributed by atoms with Crippen LogP contribution >= 0.6 is 23.5 Å². The van der Waals surface area contributed by atoms with Crippen molar-refractivity contribution in [2.24, 2.45) is 10.8 Å². The molecule has 254 valence electrons. The van der Waals surface area contributed by atoms with E-state index in [0.717, 1.165) is 53.0 Å². The van der Waals surface area contributed by atoms with Gasteiger partial charge < -0.3 is 10.2 Å². The van der Waals surface area contributed by atoms with Crippen LogP contribution in [0.3, 0.4) is 0 Å². The van der Waals surface area contributed by atoms with Crippen LogP contribution in [0.2, 0.25) is 0 Å². The zero-order valence-corrected chi connectivity index (χ0v) is 32.6. The van der Waals surface area contributed by atoms with E-state index in [1.54, 1.807) is 0 Å². The van der Waals surface area contributed by atoms with Crippen LogP contribution in [-0.4, -0.2) is 20.7 Å². The largest absolute Gasteiger partial charge is 0.507 e. The van der Waals surface area contributed by atoms with Crippen molar-refractivity contribution >= 4 is 23.5 Å². The molecule has 0 spiro atoms. The Balaban J connectivity index is 1.87. The lowest BCUT2D eigenvalue weighted by Crippen LogP contribution is -2.23. The first-order valence-corrected chi connectivity index (χ1v) is 19.7. The molecule has 2 aromatic rings. The lowest BCUT2D eigenvalue weighted by atomic mass is 9.81. The summed E-state index contributed by atoms with van der Waals surface area (Å²) in [6.07, 6.45) is 10.5. The molecule has 1 fully saturated rings. The van der Waals surface area contributed by atoms with Gasteiger partial charge in [0, 0.05) is 33.1 Å². The lowest BCUT2D eigenvalue weighted by molar-refractivity contribution is 0.373. The fraction of sp³-hybridized carbons (Fsp3) is 0.707. The van der Waals surface area contributed by atoms with Gasteiger partial charge in [0.1, 0.15) is 11.5 Å². The molecule has 0 heterocycles. The summed E-state index contributed by atoms with van der Waals surface area (Å²) in [4.78, 5) is 0. The van der Waals surface area contributed by atoms with Gasteiger partial charge in [0.2, 0.25) is 0 Å². The van der Waals surface area contributed by atoms with Crippen LogP contribution in [0.1, 0.15) is 161 Å². The molecule has 0 saturated heterocycles. The van der Waals surface area contributed by atoms with Crippen molar-refractivity contribution in [2.45, 2.75) is 174 Å². The molecule has 2 nitrogen and oxygen atoms in total. The number of hydrogen-bond donors (Lipinski definition) is 2. The first-order valence-electron chi connectivity index (χ1n) is 17.6. The molecule has 1 saturated carbocycles. The number of benzene rings is 2. The van der Waals surface area contributed by atoms with Gasteiger partial charge in [-0.2, -0.15) is 23.5 Å². The molecule has 2 N–H and O–H groups in total. The van der Waals surface area contributed by atoms with Gasteiger partial charge >= 0.3 is 0 Å². The third-order valence-corrected chi connectivity index (χ3v) is 12.3. The number of phenols is 2. The second-order valence-corrected chi connectivity index (χ2v) is 20.7. The monoisotopic (exact) mass is 654 g/mol. The maximum atomic E-state index is 11.5. The van der Waals surface area contributed by atoms with Gasteiger partial charge in [0.25, 0.3) is 0 Å². The Hall–Kier alpha value is -1.26. The van der Waals surface area contributed by atoms with Crippen molar-refractivity contribution < 1.29 is 10.2 Å². The highest BCUT2D eigenvalue weighted by Crippen LogP contribution is 2.42. The maximum Gasteiger partial charge on any atom is 0.122 e. The van der Waals surface area contributed by atoms with Crippen LogP contribution in [0.15, 0.2) is 24.3 Å². The van der Waals surface area contributed by atoms with Crippen molar-refractivity contribution in [1.82, 2.24) is 0 Å². The molecule has 2 atom stereocenters. The zero-order chi connectivity index (χ0) is 33.8. The quantitative estimate of drug-likeness (QED) is 0.282. The number of thioether (sulfide) groups is 2. The summed E-state index contributed by atoms with van der Waals surface area (Å²) >= 11 is 4.12. The Labute approximate surface area is 286 Å². The molecular formula is C41H66O2S2. The summed E-state index contributed by atoms with van der Waals surface area (Å²) in [5.74, 6) is 2.72. The predicted molar refractivity (Wildman–Crippen MR) is 202 cm³/mol. The van der Waals surface area contributed by atoms with Crippen LogP contribution in [0.25, 0.3) is 0 Å². The number of hydrogen-bond acceptors (Lipinski definition) is 4. The number of phenolic OH excluding ortho intramolecular Hbond substituents is 2. The van der Waals surface area contributed by atoms with Gasteiger partial charge in [-0.15, -0.1) is 0 Å². The molecule has 4 heteroatoms. The summed E-state index contributed by atoms with van der Waals surface area (Å²) in [5.41, 5.74) is 7.45. The van der Waals surface area contributed by atoms with Gasteiger partial charge in [0.05, 0.1) is 0 Å². The van der Waals surface area contributed by atoms with E-state index in [9.17, 15) is 10.2 Å². The summed E-state index contributed by atoms with van der Waals surface area (Å²) in [6.45, 7) is 27.3. The third-order valence-electron chi connectivity index (χ3n) is 9.18. The van der Waals surface area contributed by atoms with Crippen molar-refractivity contribution in [3.8, 4) is 11.5 Å². The van der Waals surface area contributed by atoms with Crippen molar-refractivity contribution in [1.29, 1.82) is 0 Å². The first-order chi connectivity index (χ1) is 20.6. The van der Waals surface area contributed by atoms with Gasteiger partial charge in [-0.25, -0.2) is 0 Å². The molecule has 2 aromatic carbocycles. The van der Waals surface area contributed by atoms with Crippen LogP contribution in [0.5, 0.6) is 11.5 Å². The molecule has 0 aromatic heterocycles. The van der Waals surface area contributed by atoms with Crippen LogP contribution in [-0.2, 0) is 35.2 Å². The minimum atomic E-state index is 0.0354. The first kappa shape index (κ1) is 38.2. The zero-order valence-electron chi connectivity index (χ0n) is 31.0. The van der Waals surface area contributed by atoms with E-state index >= 15 is 0 Å². The molecule has 3 rings (SSSR count). The van der Waals surface area contributed by atoms with E-state index in [1.165, 1.54) is 49.7 Å². The highest BCUT2D eigenvalue weighted by molar-refractivity contribution is 8.03. The van der Waals surface area contributed by atoms with Gasteiger partial charge in [-0.1, -0.05) is 133 Å². The number of rotatable bonds is 9. The van der Waals surface area contributed by atoms with Crippen LogP contribution < -0.4 is 0 Å².